The van der Waals surface area contributed by atoms with E-state index in [1.54, 1.807) is 26.9 Å². The van der Waals surface area contributed by atoms with E-state index in [1.165, 1.54) is 0 Å². The molecule has 1 N–H and O–H groups in total. The van der Waals surface area contributed by atoms with Gasteiger partial charge >= 0.3 is 0 Å². The predicted molar refractivity (Wildman–Crippen MR) is 154 cm³/mol. The molecule has 0 aromatic heterocycles. The summed E-state index contributed by atoms with van der Waals surface area (Å²) in [7, 11) is 0. The average Bonchev–Trinajstić information content (AvgIpc) is 3.61. The van der Waals surface area contributed by atoms with Gasteiger partial charge in [-0.05, 0) is 31.2 Å². The molecule has 0 aliphatic carbocycles. The molecule has 218 valence electrons. The van der Waals surface area contributed by atoms with E-state index in [0.29, 0.717) is 39.0 Å². The number of unbranched alkanes of at least 4 members (excludes halogenated alkanes) is 2. The highest BCUT2D eigenvalue weighted by molar-refractivity contribution is 5.99. The SMILES string of the molecule is C=CCN(CCCCC)C(=O)C1N([C@H](CO)c2ccccc2)C(=O)[C@@H]2[C@H](C(=O)N(CC=C)CCC)[C@@H]3CCC12O3. The van der Waals surface area contributed by atoms with Crippen molar-refractivity contribution < 1.29 is 24.2 Å². The smallest absolute Gasteiger partial charge is 0.248 e. The number of likely N-dealkylation sites (tertiary alicyclic amines) is 1. The van der Waals surface area contributed by atoms with Crippen molar-refractivity contribution in [3.05, 3.63) is 61.2 Å². The van der Waals surface area contributed by atoms with E-state index in [-0.39, 0.29) is 24.3 Å². The molecule has 3 aliphatic heterocycles. The fraction of sp³-hybridized carbons (Fsp3) is 0.594. The average molecular weight is 552 g/mol. The van der Waals surface area contributed by atoms with Crippen molar-refractivity contribution in [2.75, 3.05) is 32.8 Å². The van der Waals surface area contributed by atoms with Gasteiger partial charge in [-0.2, -0.15) is 0 Å². The van der Waals surface area contributed by atoms with Crippen LogP contribution in [-0.4, -0.2) is 88.1 Å². The van der Waals surface area contributed by atoms with E-state index in [2.05, 4.69) is 20.1 Å². The van der Waals surface area contributed by atoms with Crippen LogP contribution in [0.1, 0.15) is 64.0 Å². The number of hydrogen-bond acceptors (Lipinski definition) is 5. The van der Waals surface area contributed by atoms with Crippen molar-refractivity contribution >= 4 is 17.7 Å². The lowest BCUT2D eigenvalue weighted by molar-refractivity contribution is -0.152. The number of aliphatic hydroxyl groups excluding tert-OH is 1. The molecule has 3 fully saturated rings. The van der Waals surface area contributed by atoms with Gasteiger partial charge in [0.2, 0.25) is 17.7 Å². The lowest BCUT2D eigenvalue weighted by Gasteiger charge is -2.39. The number of fused-ring (bicyclic) bond motifs is 1. The number of rotatable bonds is 15. The van der Waals surface area contributed by atoms with Crippen LogP contribution in [0.5, 0.6) is 0 Å². The van der Waals surface area contributed by atoms with Crippen LogP contribution in [0.3, 0.4) is 0 Å². The Labute approximate surface area is 238 Å². The molecule has 2 bridgehead atoms. The number of ether oxygens (including phenoxy) is 1. The van der Waals surface area contributed by atoms with Crippen molar-refractivity contribution in [3.63, 3.8) is 0 Å². The number of hydrogen-bond donors (Lipinski definition) is 1. The quantitative estimate of drug-likeness (QED) is 0.265. The van der Waals surface area contributed by atoms with Crippen LogP contribution in [0.25, 0.3) is 0 Å². The summed E-state index contributed by atoms with van der Waals surface area (Å²) in [5.74, 6) is -2.06. The van der Waals surface area contributed by atoms with Gasteiger partial charge in [-0.25, -0.2) is 0 Å². The van der Waals surface area contributed by atoms with Crippen LogP contribution < -0.4 is 0 Å². The number of amides is 3. The van der Waals surface area contributed by atoms with Gasteiger partial charge in [0, 0.05) is 26.2 Å². The Bertz CT molecular complexity index is 1080. The molecule has 1 aromatic rings. The molecule has 0 saturated carbocycles. The molecule has 3 heterocycles. The minimum Gasteiger partial charge on any atom is -0.394 e. The number of nitrogens with zero attached hydrogens (tertiary/aromatic N) is 3. The van der Waals surface area contributed by atoms with Gasteiger partial charge in [0.1, 0.15) is 11.6 Å². The molecule has 4 rings (SSSR count). The maximum absolute atomic E-state index is 14.5. The number of benzene rings is 1. The van der Waals surface area contributed by atoms with Gasteiger partial charge in [-0.15, -0.1) is 13.2 Å². The van der Waals surface area contributed by atoms with E-state index >= 15 is 0 Å². The molecular weight excluding hydrogens is 506 g/mol. The summed E-state index contributed by atoms with van der Waals surface area (Å²) in [5, 5.41) is 10.6. The molecule has 40 heavy (non-hydrogen) atoms. The zero-order valence-corrected chi connectivity index (χ0v) is 24.0. The van der Waals surface area contributed by atoms with Crippen LogP contribution in [0.4, 0.5) is 0 Å². The Kier molecular flexibility index (Phi) is 9.85. The zero-order valence-electron chi connectivity index (χ0n) is 24.0. The molecule has 6 atom stereocenters. The van der Waals surface area contributed by atoms with Crippen LogP contribution in [0.2, 0.25) is 0 Å². The highest BCUT2D eigenvalue weighted by Crippen LogP contribution is 2.60. The third kappa shape index (κ3) is 5.23. The summed E-state index contributed by atoms with van der Waals surface area (Å²) < 4.78 is 6.65. The van der Waals surface area contributed by atoms with Gasteiger partial charge < -0.3 is 24.5 Å². The first kappa shape index (κ1) is 30.0. The summed E-state index contributed by atoms with van der Waals surface area (Å²) >= 11 is 0. The van der Waals surface area contributed by atoms with E-state index in [0.717, 1.165) is 31.2 Å². The summed E-state index contributed by atoms with van der Waals surface area (Å²) in [6, 6.07) is 7.63. The van der Waals surface area contributed by atoms with E-state index in [9.17, 15) is 19.5 Å². The Morgan fingerprint density at radius 3 is 2.35 bits per heavy atom. The summed E-state index contributed by atoms with van der Waals surface area (Å²) in [4.78, 5) is 48.0. The van der Waals surface area contributed by atoms with E-state index < -0.39 is 35.6 Å². The summed E-state index contributed by atoms with van der Waals surface area (Å²) in [6.07, 6.45) is 7.74. The molecule has 1 spiro atoms. The third-order valence-electron chi connectivity index (χ3n) is 8.80. The van der Waals surface area contributed by atoms with Crippen LogP contribution in [-0.2, 0) is 19.1 Å². The first-order valence-electron chi connectivity index (χ1n) is 14.8. The lowest BCUT2D eigenvalue weighted by atomic mass is 9.70. The topological polar surface area (TPSA) is 90.4 Å². The molecule has 3 aliphatic rings. The normalized spacial score (nSPS) is 27.4. The largest absolute Gasteiger partial charge is 0.394 e. The highest BCUT2D eigenvalue weighted by Gasteiger charge is 2.75. The van der Waals surface area contributed by atoms with Crippen molar-refractivity contribution in [1.82, 2.24) is 14.7 Å². The Hall–Kier alpha value is -2.97. The second-order valence-electron chi connectivity index (χ2n) is 11.3. The monoisotopic (exact) mass is 551 g/mol. The van der Waals surface area contributed by atoms with Crippen molar-refractivity contribution in [1.29, 1.82) is 0 Å². The van der Waals surface area contributed by atoms with Gasteiger partial charge in [0.05, 0.1) is 30.6 Å². The van der Waals surface area contributed by atoms with Gasteiger partial charge in [0.25, 0.3) is 0 Å². The second-order valence-corrected chi connectivity index (χ2v) is 11.3. The van der Waals surface area contributed by atoms with Crippen LogP contribution in [0, 0.1) is 11.8 Å². The number of carbonyl (C=O) groups excluding carboxylic acids is 3. The Balaban J connectivity index is 1.79. The van der Waals surface area contributed by atoms with E-state index in [4.69, 9.17) is 4.74 Å². The van der Waals surface area contributed by atoms with Crippen molar-refractivity contribution in [3.8, 4) is 0 Å². The van der Waals surface area contributed by atoms with Crippen LogP contribution >= 0.6 is 0 Å². The van der Waals surface area contributed by atoms with Gasteiger partial charge in [-0.1, -0.05) is 69.2 Å². The Morgan fingerprint density at radius 2 is 1.75 bits per heavy atom. The maximum atomic E-state index is 14.5. The lowest BCUT2D eigenvalue weighted by Crippen LogP contribution is -2.57. The molecular formula is C32H45N3O5. The third-order valence-corrected chi connectivity index (χ3v) is 8.80. The summed E-state index contributed by atoms with van der Waals surface area (Å²) in [5.41, 5.74) is -0.372. The molecule has 3 saturated heterocycles. The van der Waals surface area contributed by atoms with Gasteiger partial charge in [0.15, 0.2) is 0 Å². The molecule has 8 heteroatoms. The molecule has 0 radical (unpaired) electrons. The standard InChI is InChI=1S/C32H45N3O5/c1-5-9-13-21-34(20-8-4)31(39)28-32-17-16-25(40-32)26(29(37)33(18-6-2)19-7-3)27(32)30(38)35(28)24(22-36)23-14-11-10-12-15-23/h6,8,10-12,14-15,24-28,36H,2,4-5,7,9,13,16-22H2,1,3H3/t24-,25+,26-,27+,28?,32?/m1/s1. The predicted octanol–water partition coefficient (Wildman–Crippen LogP) is 3.72. The molecule has 1 aromatic carbocycles. The maximum Gasteiger partial charge on any atom is 0.248 e. The summed E-state index contributed by atoms with van der Waals surface area (Å²) in [6.45, 7) is 13.3. The minimum atomic E-state index is -1.11. The highest BCUT2D eigenvalue weighted by atomic mass is 16.5. The van der Waals surface area contributed by atoms with E-state index in [1.807, 2.05) is 37.3 Å². The molecule has 8 nitrogen and oxygen atoms in total. The van der Waals surface area contributed by atoms with Crippen molar-refractivity contribution in [2.45, 2.75) is 76.2 Å². The van der Waals surface area contributed by atoms with Crippen molar-refractivity contribution in [2.24, 2.45) is 11.8 Å². The first-order chi connectivity index (χ1) is 19.4. The van der Waals surface area contributed by atoms with Gasteiger partial charge in [-0.3, -0.25) is 14.4 Å². The Morgan fingerprint density at radius 1 is 1.07 bits per heavy atom. The fourth-order valence-electron chi connectivity index (χ4n) is 7.12. The second kappa shape index (κ2) is 13.1. The molecule has 2 unspecified atom stereocenters. The molecule has 3 amide bonds. The van der Waals surface area contributed by atoms with Crippen LogP contribution in [0.15, 0.2) is 55.6 Å². The first-order valence-corrected chi connectivity index (χ1v) is 14.8. The zero-order chi connectivity index (χ0) is 28.9. The number of aliphatic hydroxyl groups is 1. The minimum absolute atomic E-state index is 0.120. The fourth-order valence-corrected chi connectivity index (χ4v) is 7.12. The number of carbonyl (C=O) groups is 3.